The first-order valence-electron chi connectivity index (χ1n) is 9.11. The number of unbranched alkanes of at least 4 members (excludes halogenated alkanes) is 1. The number of fused-ring (bicyclic) bond motifs is 1. The smallest absolute Gasteiger partial charge is 0.346 e. The van der Waals surface area contributed by atoms with Crippen LogP contribution in [-0.4, -0.2) is 43.0 Å². The molecule has 0 bridgehead atoms. The van der Waals surface area contributed by atoms with E-state index < -0.39 is 16.9 Å². The number of hydrogen-bond donors (Lipinski definition) is 2. The van der Waals surface area contributed by atoms with E-state index in [2.05, 4.69) is 17.1 Å². The van der Waals surface area contributed by atoms with Crippen LogP contribution >= 0.6 is 24.0 Å². The quantitative estimate of drug-likeness (QED) is 0.403. The Labute approximate surface area is 169 Å². The standard InChI is InChI=1S/C20H25N3O2S2/c1-4-5-13-22-19(26)27-17(20(22,2)3)23(25)18(24)21-16-12-8-10-14-9-6-7-11-15(14)16/h6-12,17,25H,4-5,13H2,1-3H3,(H,21,24). The van der Waals surface area contributed by atoms with Gasteiger partial charge >= 0.3 is 6.03 Å². The average Bonchev–Trinajstić information content (AvgIpc) is 2.88. The second-order valence-electron chi connectivity index (χ2n) is 7.20. The normalized spacial score (nSPS) is 18.7. The van der Waals surface area contributed by atoms with Gasteiger partial charge in [-0.1, -0.05) is 73.7 Å². The molecule has 1 aliphatic heterocycles. The zero-order chi connectivity index (χ0) is 19.6. The third-order valence-corrected chi connectivity index (χ3v) is 6.86. The number of hydrogen-bond acceptors (Lipinski definition) is 4. The summed E-state index contributed by atoms with van der Waals surface area (Å²) in [7, 11) is 0. The van der Waals surface area contributed by atoms with Crippen molar-refractivity contribution in [1.29, 1.82) is 0 Å². The number of thiocarbonyl (C=S) groups is 1. The van der Waals surface area contributed by atoms with Gasteiger partial charge in [-0.05, 0) is 31.7 Å². The molecule has 1 atom stereocenters. The lowest BCUT2D eigenvalue weighted by Crippen LogP contribution is -2.54. The lowest BCUT2D eigenvalue weighted by atomic mass is 10.0. The molecule has 144 valence electrons. The van der Waals surface area contributed by atoms with Crippen molar-refractivity contribution in [2.24, 2.45) is 0 Å². The number of carbonyl (C=O) groups is 1. The molecular formula is C20H25N3O2S2. The summed E-state index contributed by atoms with van der Waals surface area (Å²) in [6.07, 6.45) is 2.08. The molecule has 1 unspecified atom stereocenters. The minimum absolute atomic E-state index is 0.457. The van der Waals surface area contributed by atoms with Gasteiger partial charge in [0.15, 0.2) is 0 Å². The molecule has 5 nitrogen and oxygen atoms in total. The minimum atomic E-state index is -0.558. The molecule has 2 amide bonds. The molecule has 0 saturated carbocycles. The molecule has 1 aliphatic rings. The Morgan fingerprint density at radius 3 is 2.74 bits per heavy atom. The van der Waals surface area contributed by atoms with Crippen molar-refractivity contribution in [1.82, 2.24) is 9.96 Å². The Kier molecular flexibility index (Phi) is 5.93. The maximum Gasteiger partial charge on any atom is 0.346 e. The highest BCUT2D eigenvalue weighted by Gasteiger charge is 2.49. The van der Waals surface area contributed by atoms with Crippen LogP contribution < -0.4 is 5.32 Å². The molecule has 1 fully saturated rings. The highest BCUT2D eigenvalue weighted by atomic mass is 32.2. The van der Waals surface area contributed by atoms with Crippen molar-refractivity contribution >= 4 is 50.8 Å². The number of anilines is 1. The number of thioether (sulfide) groups is 1. The van der Waals surface area contributed by atoms with Crippen molar-refractivity contribution in [3.05, 3.63) is 42.5 Å². The van der Waals surface area contributed by atoms with Crippen molar-refractivity contribution in [2.45, 2.75) is 44.5 Å². The molecular weight excluding hydrogens is 378 g/mol. The molecule has 0 radical (unpaired) electrons. The maximum atomic E-state index is 12.7. The first-order chi connectivity index (χ1) is 12.9. The summed E-state index contributed by atoms with van der Waals surface area (Å²) < 4.78 is 0.718. The van der Waals surface area contributed by atoms with Gasteiger partial charge in [0.05, 0.1) is 11.2 Å². The van der Waals surface area contributed by atoms with Crippen molar-refractivity contribution in [2.75, 3.05) is 11.9 Å². The van der Waals surface area contributed by atoms with Gasteiger partial charge < -0.3 is 10.2 Å². The molecule has 0 aliphatic carbocycles. The Balaban J connectivity index is 1.78. The van der Waals surface area contributed by atoms with E-state index in [9.17, 15) is 10.0 Å². The second kappa shape index (κ2) is 8.04. The zero-order valence-electron chi connectivity index (χ0n) is 15.8. The zero-order valence-corrected chi connectivity index (χ0v) is 17.4. The number of rotatable bonds is 5. The molecule has 1 saturated heterocycles. The SMILES string of the molecule is CCCCN1C(=S)SC(N(O)C(=O)Nc2cccc3ccccc23)C1(C)C. The van der Waals surface area contributed by atoms with E-state index in [4.69, 9.17) is 12.2 Å². The van der Waals surface area contributed by atoms with E-state index in [1.54, 1.807) is 0 Å². The number of urea groups is 1. The van der Waals surface area contributed by atoms with Crippen LogP contribution in [0.2, 0.25) is 0 Å². The topological polar surface area (TPSA) is 55.8 Å². The summed E-state index contributed by atoms with van der Waals surface area (Å²) in [5, 5.41) is 15.8. The predicted molar refractivity (Wildman–Crippen MR) is 116 cm³/mol. The van der Waals surface area contributed by atoms with Crippen molar-refractivity contribution in [3.8, 4) is 0 Å². The molecule has 2 aromatic carbocycles. The van der Waals surface area contributed by atoms with E-state index >= 15 is 0 Å². The highest BCUT2D eigenvalue weighted by Crippen LogP contribution is 2.41. The molecule has 1 heterocycles. The highest BCUT2D eigenvalue weighted by molar-refractivity contribution is 8.23. The lowest BCUT2D eigenvalue weighted by Gasteiger charge is -2.38. The van der Waals surface area contributed by atoms with Crippen molar-refractivity contribution < 1.29 is 10.0 Å². The summed E-state index contributed by atoms with van der Waals surface area (Å²) in [6, 6.07) is 13.0. The van der Waals surface area contributed by atoms with E-state index in [1.165, 1.54) is 11.8 Å². The molecule has 27 heavy (non-hydrogen) atoms. The van der Waals surface area contributed by atoms with E-state index in [0.29, 0.717) is 5.69 Å². The summed E-state index contributed by atoms with van der Waals surface area (Å²) in [4.78, 5) is 14.9. The summed E-state index contributed by atoms with van der Waals surface area (Å²) >= 11 is 6.85. The van der Waals surface area contributed by atoms with Gasteiger partial charge in [-0.3, -0.25) is 5.21 Å². The van der Waals surface area contributed by atoms with Gasteiger partial charge in [-0.25, -0.2) is 4.79 Å². The Morgan fingerprint density at radius 1 is 1.30 bits per heavy atom. The monoisotopic (exact) mass is 403 g/mol. The van der Waals surface area contributed by atoms with Gasteiger partial charge in [0.2, 0.25) is 0 Å². The lowest BCUT2D eigenvalue weighted by molar-refractivity contribution is -0.0734. The number of benzene rings is 2. The van der Waals surface area contributed by atoms with Crippen molar-refractivity contribution in [3.63, 3.8) is 0 Å². The summed E-state index contributed by atoms with van der Waals surface area (Å²) in [6.45, 7) is 6.97. The molecule has 0 aromatic heterocycles. The second-order valence-corrected chi connectivity index (χ2v) is 8.91. The van der Waals surface area contributed by atoms with Gasteiger partial charge in [0.1, 0.15) is 9.69 Å². The fourth-order valence-electron chi connectivity index (χ4n) is 3.33. The Bertz CT molecular complexity index is 851. The van der Waals surface area contributed by atoms with Crippen LogP contribution in [0, 0.1) is 0 Å². The van der Waals surface area contributed by atoms with Crippen LogP contribution in [0.4, 0.5) is 10.5 Å². The Morgan fingerprint density at radius 2 is 2.00 bits per heavy atom. The largest absolute Gasteiger partial charge is 0.349 e. The van der Waals surface area contributed by atoms with Crippen LogP contribution in [0.15, 0.2) is 42.5 Å². The first kappa shape index (κ1) is 19.9. The van der Waals surface area contributed by atoms with Gasteiger partial charge in [0.25, 0.3) is 0 Å². The van der Waals surface area contributed by atoms with Crippen LogP contribution in [0.5, 0.6) is 0 Å². The number of nitrogens with one attached hydrogen (secondary N) is 1. The molecule has 3 rings (SSSR count). The van der Waals surface area contributed by atoms with E-state index in [1.807, 2.05) is 56.3 Å². The van der Waals surface area contributed by atoms with Gasteiger partial charge in [0, 0.05) is 11.9 Å². The first-order valence-corrected chi connectivity index (χ1v) is 10.4. The van der Waals surface area contributed by atoms with Crippen LogP contribution in [0.25, 0.3) is 10.8 Å². The van der Waals surface area contributed by atoms with E-state index in [-0.39, 0.29) is 0 Å². The van der Waals surface area contributed by atoms with E-state index in [0.717, 1.165) is 39.5 Å². The average molecular weight is 404 g/mol. The third kappa shape index (κ3) is 3.90. The third-order valence-electron chi connectivity index (χ3n) is 4.93. The predicted octanol–water partition coefficient (Wildman–Crippen LogP) is 5.30. The molecule has 0 spiro atoms. The fourth-order valence-corrected chi connectivity index (χ4v) is 5.19. The number of nitrogens with zero attached hydrogens (tertiary/aromatic N) is 2. The number of carbonyl (C=O) groups excluding carboxylic acids is 1. The molecule has 2 N–H and O–H groups in total. The van der Waals surface area contributed by atoms with Gasteiger partial charge in [-0.15, -0.1) is 0 Å². The number of amides is 2. The Hall–Kier alpha value is -1.83. The van der Waals surface area contributed by atoms with Crippen LogP contribution in [0.3, 0.4) is 0 Å². The summed E-state index contributed by atoms with van der Waals surface area (Å²) in [5.41, 5.74) is 0.213. The molecule has 7 heteroatoms. The van der Waals surface area contributed by atoms with Crippen LogP contribution in [0.1, 0.15) is 33.6 Å². The number of hydroxylamine groups is 2. The minimum Gasteiger partial charge on any atom is -0.349 e. The molecule has 2 aromatic rings. The fraction of sp³-hybridized carbons (Fsp3) is 0.400. The maximum absolute atomic E-state index is 12.7. The van der Waals surface area contributed by atoms with Gasteiger partial charge in [-0.2, -0.15) is 5.06 Å². The van der Waals surface area contributed by atoms with Crippen LogP contribution in [-0.2, 0) is 0 Å². The summed E-state index contributed by atoms with van der Waals surface area (Å²) in [5.74, 6) is 0.